The van der Waals surface area contributed by atoms with Crippen LogP contribution >= 0.6 is 7.60 Å². The van der Waals surface area contributed by atoms with Crippen molar-refractivity contribution in [3.05, 3.63) is 24.0 Å². The van der Waals surface area contributed by atoms with E-state index >= 15 is 0 Å². The third kappa shape index (κ3) is 4.51. The molecule has 0 bridgehead atoms. The average Bonchev–Trinajstić information content (AvgIpc) is 3.13. The van der Waals surface area contributed by atoms with Crippen LogP contribution in [0.5, 0.6) is 0 Å². The zero-order valence-electron chi connectivity index (χ0n) is 13.8. The highest BCUT2D eigenvalue weighted by atomic mass is 31.2. The molecule has 25 heavy (non-hydrogen) atoms. The van der Waals surface area contributed by atoms with Crippen molar-refractivity contribution in [3.8, 4) is 0 Å². The lowest BCUT2D eigenvalue weighted by Gasteiger charge is -2.14. The minimum atomic E-state index is -3.47. The van der Waals surface area contributed by atoms with Crippen molar-refractivity contribution in [2.24, 2.45) is 5.73 Å². The maximum atomic E-state index is 12.4. The number of carbonyl (C=O) groups excluding carboxylic acids is 1. The maximum Gasteiger partial charge on any atom is 0.353 e. The number of aromatic nitrogens is 3. The maximum absolute atomic E-state index is 12.4. The number of aliphatic hydroxyl groups is 2. The summed E-state index contributed by atoms with van der Waals surface area (Å²) in [6.45, 7) is 3.69. The van der Waals surface area contributed by atoms with Crippen LogP contribution in [-0.4, -0.2) is 62.4 Å². The summed E-state index contributed by atoms with van der Waals surface area (Å²) in [5.41, 5.74) is 5.07. The summed E-state index contributed by atoms with van der Waals surface area (Å²) in [7, 11) is -3.47. The summed E-state index contributed by atoms with van der Waals surface area (Å²) in [5.74, 6) is 0.0955. The molecule has 2 heterocycles. The van der Waals surface area contributed by atoms with Gasteiger partial charge in [0.05, 0.1) is 13.2 Å². The van der Waals surface area contributed by atoms with Crippen molar-refractivity contribution in [1.29, 1.82) is 0 Å². The lowest BCUT2D eigenvalue weighted by atomic mass is 10.1. The van der Waals surface area contributed by atoms with Crippen molar-refractivity contribution < 1.29 is 33.4 Å². The Bertz CT molecular complexity index is 669. The molecule has 1 fully saturated rings. The van der Waals surface area contributed by atoms with Crippen LogP contribution < -0.4 is 5.73 Å². The zero-order chi connectivity index (χ0) is 18.6. The Balaban J connectivity index is 2.14. The van der Waals surface area contributed by atoms with Gasteiger partial charge < -0.3 is 29.7 Å². The highest BCUT2D eigenvalue weighted by molar-refractivity contribution is 7.57. The van der Waals surface area contributed by atoms with Crippen molar-refractivity contribution in [3.63, 3.8) is 0 Å². The van der Waals surface area contributed by atoms with Crippen LogP contribution in [0, 0.1) is 0 Å². The number of rotatable bonds is 8. The van der Waals surface area contributed by atoms with Crippen LogP contribution in [-0.2, 0) is 18.3 Å². The van der Waals surface area contributed by atoms with Gasteiger partial charge in [0.25, 0.3) is 5.91 Å². The third-order valence-electron chi connectivity index (χ3n) is 3.34. The highest BCUT2D eigenvalue weighted by Crippen LogP contribution is 2.50. The number of hydrogen-bond donors (Lipinski definition) is 3. The molecule has 0 radical (unpaired) electrons. The van der Waals surface area contributed by atoms with Gasteiger partial charge in [-0.2, -0.15) is 0 Å². The third-order valence-corrected chi connectivity index (χ3v) is 5.11. The van der Waals surface area contributed by atoms with E-state index in [4.69, 9.17) is 19.5 Å². The SMILES string of the molecule is CCOP(=O)(/C=C/[C@H]1O[C@@H](n2cnc(C(N)=O)n2)[C@H](O)[C@@H]1O)OCC. The molecule has 0 aromatic carbocycles. The topological polar surface area (TPSA) is 159 Å². The highest BCUT2D eigenvalue weighted by Gasteiger charge is 2.43. The molecule has 0 unspecified atom stereocenters. The van der Waals surface area contributed by atoms with Crippen LogP contribution in [0.25, 0.3) is 0 Å². The molecule has 0 aliphatic carbocycles. The second-order valence-corrected chi connectivity index (χ2v) is 7.00. The fraction of sp³-hybridized carbons (Fsp3) is 0.615. The summed E-state index contributed by atoms with van der Waals surface area (Å²) in [6, 6.07) is 0. The fourth-order valence-electron chi connectivity index (χ4n) is 2.25. The Morgan fingerprint density at radius 1 is 1.40 bits per heavy atom. The zero-order valence-corrected chi connectivity index (χ0v) is 14.7. The number of aliphatic hydroxyl groups excluding tert-OH is 2. The Hall–Kier alpha value is -1.62. The second-order valence-electron chi connectivity index (χ2n) is 5.10. The summed E-state index contributed by atoms with van der Waals surface area (Å²) in [5, 5.41) is 24.0. The van der Waals surface area contributed by atoms with Gasteiger partial charge in [0, 0.05) is 5.82 Å². The molecule has 4 N–H and O–H groups in total. The smallest absolute Gasteiger partial charge is 0.353 e. The minimum Gasteiger partial charge on any atom is -0.387 e. The molecule has 1 aromatic heterocycles. The Labute approximate surface area is 143 Å². The predicted octanol–water partition coefficient (Wildman–Crippen LogP) is -0.224. The first-order valence-electron chi connectivity index (χ1n) is 7.62. The number of hydrogen-bond acceptors (Lipinski definition) is 9. The average molecular weight is 376 g/mol. The molecule has 12 heteroatoms. The van der Waals surface area contributed by atoms with Crippen LogP contribution in [0.1, 0.15) is 30.7 Å². The molecule has 1 aromatic rings. The minimum absolute atomic E-state index is 0.176. The van der Waals surface area contributed by atoms with Crippen LogP contribution in [0.15, 0.2) is 18.2 Å². The summed E-state index contributed by atoms with van der Waals surface area (Å²) < 4.78 is 29.2. The number of ether oxygens (including phenoxy) is 1. The molecule has 0 spiro atoms. The molecule has 11 nitrogen and oxygen atoms in total. The first-order valence-corrected chi connectivity index (χ1v) is 9.23. The van der Waals surface area contributed by atoms with Gasteiger partial charge in [-0.25, -0.2) is 9.67 Å². The van der Waals surface area contributed by atoms with Gasteiger partial charge in [0.15, 0.2) is 6.23 Å². The van der Waals surface area contributed by atoms with E-state index in [1.165, 1.54) is 11.9 Å². The molecule has 4 atom stereocenters. The normalized spacial score (nSPS) is 27.2. The molecular weight excluding hydrogens is 355 g/mol. The van der Waals surface area contributed by atoms with E-state index in [0.29, 0.717) is 0 Å². The first kappa shape index (κ1) is 19.7. The van der Waals surface area contributed by atoms with E-state index in [2.05, 4.69) is 10.1 Å². The lowest BCUT2D eigenvalue weighted by Crippen LogP contribution is -2.31. The molecule has 140 valence electrons. The molecular formula is C13H21N4O7P. The summed E-state index contributed by atoms with van der Waals surface area (Å²) in [6.07, 6.45) is -2.31. The standard InChI is InChI=1S/C13H21N4O7P/c1-3-22-25(21,23-4-2)6-5-8-9(18)10(19)13(24-8)17-7-15-12(16-17)11(14)20/h5-10,13,18-19H,3-4H2,1-2H3,(H2,14,20)/b6-5+/t8-,9-,10-,13-/m1/s1. The van der Waals surface area contributed by atoms with E-state index in [0.717, 1.165) is 11.0 Å². The monoisotopic (exact) mass is 376 g/mol. The molecule has 2 rings (SSSR count). The number of primary amides is 1. The number of nitrogens with two attached hydrogens (primary N) is 1. The van der Waals surface area contributed by atoms with Crippen LogP contribution in [0.4, 0.5) is 0 Å². The molecule has 1 amide bonds. The summed E-state index contributed by atoms with van der Waals surface area (Å²) in [4.78, 5) is 14.7. The van der Waals surface area contributed by atoms with Crippen molar-refractivity contribution in [2.45, 2.75) is 38.4 Å². The van der Waals surface area contributed by atoms with Gasteiger partial charge in [-0.3, -0.25) is 9.36 Å². The molecule has 1 aliphatic rings. The van der Waals surface area contributed by atoms with Gasteiger partial charge in [0.1, 0.15) is 24.6 Å². The van der Waals surface area contributed by atoms with Crippen molar-refractivity contribution >= 4 is 13.5 Å². The van der Waals surface area contributed by atoms with Crippen LogP contribution in [0.3, 0.4) is 0 Å². The number of carbonyl (C=O) groups is 1. The van der Waals surface area contributed by atoms with Gasteiger partial charge >= 0.3 is 7.60 Å². The first-order chi connectivity index (χ1) is 11.8. The van der Waals surface area contributed by atoms with Crippen LogP contribution in [0.2, 0.25) is 0 Å². The van der Waals surface area contributed by atoms with Gasteiger partial charge in [-0.05, 0) is 19.9 Å². The van der Waals surface area contributed by atoms with Crippen molar-refractivity contribution in [1.82, 2.24) is 14.8 Å². The fourth-order valence-corrected chi connectivity index (χ4v) is 3.59. The Morgan fingerprint density at radius 2 is 2.04 bits per heavy atom. The van der Waals surface area contributed by atoms with E-state index in [1.807, 2.05) is 0 Å². The number of amides is 1. The van der Waals surface area contributed by atoms with Crippen molar-refractivity contribution in [2.75, 3.05) is 13.2 Å². The van der Waals surface area contributed by atoms with E-state index in [9.17, 15) is 19.6 Å². The van der Waals surface area contributed by atoms with Gasteiger partial charge in [-0.15, -0.1) is 5.10 Å². The predicted molar refractivity (Wildman–Crippen MR) is 84.5 cm³/mol. The summed E-state index contributed by atoms with van der Waals surface area (Å²) >= 11 is 0. The Kier molecular flexibility index (Phi) is 6.44. The van der Waals surface area contributed by atoms with E-state index in [-0.39, 0.29) is 19.0 Å². The van der Waals surface area contributed by atoms with Gasteiger partial charge in [-0.1, -0.05) is 0 Å². The second kappa shape index (κ2) is 8.17. The van der Waals surface area contributed by atoms with E-state index in [1.54, 1.807) is 13.8 Å². The number of nitrogens with zero attached hydrogens (tertiary/aromatic N) is 3. The lowest BCUT2D eigenvalue weighted by molar-refractivity contribution is -0.0346. The quantitative estimate of drug-likeness (QED) is 0.521. The molecule has 1 saturated heterocycles. The Morgan fingerprint density at radius 3 is 2.56 bits per heavy atom. The van der Waals surface area contributed by atoms with E-state index < -0.39 is 38.0 Å². The van der Waals surface area contributed by atoms with Gasteiger partial charge in [0.2, 0.25) is 5.82 Å². The molecule has 0 saturated carbocycles. The molecule has 1 aliphatic heterocycles. The largest absolute Gasteiger partial charge is 0.387 e.